The first kappa shape index (κ1) is 58.2. The van der Waals surface area contributed by atoms with E-state index >= 15 is 0 Å². The molecule has 3 aromatic carbocycles. The van der Waals surface area contributed by atoms with Gasteiger partial charge in [-0.15, -0.1) is 20.4 Å². The summed E-state index contributed by atoms with van der Waals surface area (Å²) in [5, 5.41) is 32.5. The van der Waals surface area contributed by atoms with Crippen LogP contribution in [0.5, 0.6) is 11.5 Å². The van der Waals surface area contributed by atoms with Gasteiger partial charge in [-0.1, -0.05) is 39.3 Å². The van der Waals surface area contributed by atoms with Crippen molar-refractivity contribution in [3.05, 3.63) is 127 Å². The Kier molecular flexibility index (Phi) is 18.3. The van der Waals surface area contributed by atoms with E-state index in [1.807, 2.05) is 95.4 Å². The lowest BCUT2D eigenvalue weighted by atomic mass is 10.3. The molecule has 0 unspecified atom stereocenters. The first-order chi connectivity index (χ1) is 39.1. The van der Waals surface area contributed by atoms with E-state index in [1.54, 1.807) is 83.0 Å². The number of hydrogen-bond acceptors (Lipinski definition) is 20. The maximum atomic E-state index is 13.3. The predicted molar refractivity (Wildman–Crippen MR) is 321 cm³/mol. The fourth-order valence-corrected chi connectivity index (χ4v) is 15.8. The number of nitrogens with one attached hydrogen (secondary N) is 4. The van der Waals surface area contributed by atoms with Gasteiger partial charge in [-0.3, -0.25) is 4.40 Å². The smallest absolute Gasteiger partial charge is 0.231 e. The van der Waals surface area contributed by atoms with E-state index in [2.05, 4.69) is 78.5 Å². The third-order valence-electron chi connectivity index (χ3n) is 14.0. The third kappa shape index (κ3) is 13.0. The lowest BCUT2D eigenvalue weighted by Crippen LogP contribution is -2.34. The second-order valence-corrected chi connectivity index (χ2v) is 29.6. The van der Waals surface area contributed by atoms with Crippen LogP contribution in [-0.4, -0.2) is 142 Å². The molecule has 1 aliphatic heterocycles. The van der Waals surface area contributed by atoms with Gasteiger partial charge in [-0.25, -0.2) is 24.9 Å². The molecule has 1 saturated heterocycles. The quantitative estimate of drug-likeness (QED) is 0.0460. The summed E-state index contributed by atoms with van der Waals surface area (Å²) in [6.45, 7) is 10.1. The molecule has 0 aliphatic carbocycles. The van der Waals surface area contributed by atoms with Gasteiger partial charge in [0.2, 0.25) is 23.7 Å². The number of hydrogen-bond donors (Lipinski definition) is 4. The molecule has 81 heavy (non-hydrogen) atoms. The van der Waals surface area contributed by atoms with E-state index in [-0.39, 0.29) is 0 Å². The van der Waals surface area contributed by atoms with Crippen LogP contribution in [0.1, 0.15) is 33.5 Å². The average molecular weight is 1180 g/mol. The highest BCUT2D eigenvalue weighted by Crippen LogP contribution is 2.48. The Morgan fingerprint density at radius 1 is 0.691 bits per heavy atom. The molecule has 0 amide bonds. The third-order valence-corrected chi connectivity index (χ3v) is 23.8. The summed E-state index contributed by atoms with van der Waals surface area (Å²) in [4.78, 5) is 24.2. The monoisotopic (exact) mass is 1180 g/mol. The topological polar surface area (TPSA) is 263 Å². The summed E-state index contributed by atoms with van der Waals surface area (Å²) in [6.07, 6.45) is 10.5. The summed E-state index contributed by atoms with van der Waals surface area (Å²) in [5.74, 6) is 4.48. The van der Waals surface area contributed by atoms with Gasteiger partial charge < -0.3 is 53.8 Å². The number of nitrogens with zero attached hydrogens (tertiary/aromatic N) is 13. The molecular weight excluding hydrogens is 1110 g/mol. The van der Waals surface area contributed by atoms with Crippen LogP contribution in [0, 0.1) is 0 Å². The van der Waals surface area contributed by atoms with E-state index in [9.17, 15) is 13.7 Å². The van der Waals surface area contributed by atoms with Crippen molar-refractivity contribution in [3.63, 3.8) is 0 Å². The molecular formula is C54H65ClN17O6P3. The first-order valence-electron chi connectivity index (χ1n) is 26.3. The van der Waals surface area contributed by atoms with Crippen molar-refractivity contribution in [2.45, 2.75) is 34.2 Å². The van der Waals surface area contributed by atoms with Crippen LogP contribution in [0.15, 0.2) is 120 Å². The summed E-state index contributed by atoms with van der Waals surface area (Å²) in [7, 11) is 0.0505. The molecule has 10 aromatic rings. The lowest BCUT2D eigenvalue weighted by Gasteiger charge is -2.30. The molecule has 23 nitrogen and oxygen atoms in total. The van der Waals surface area contributed by atoms with Crippen LogP contribution in [-0.2, 0) is 20.2 Å². The minimum Gasteiger partial charge on any atom is -0.495 e. The highest BCUT2D eigenvalue weighted by Gasteiger charge is 2.30. The van der Waals surface area contributed by atoms with Crippen LogP contribution in [0.25, 0.3) is 28.5 Å². The molecule has 0 bridgehead atoms. The van der Waals surface area contributed by atoms with Crippen molar-refractivity contribution in [2.75, 3.05) is 94.3 Å². The minimum atomic E-state index is -2.40. The molecule has 1 aliphatic rings. The Morgan fingerprint density at radius 3 is 1.99 bits per heavy atom. The zero-order valence-corrected chi connectivity index (χ0v) is 49.8. The number of halogens is 1. The fraction of sp³-hybridized carbons (Fsp3) is 0.315. The van der Waals surface area contributed by atoms with Crippen LogP contribution in [0.2, 0.25) is 5.15 Å². The van der Waals surface area contributed by atoms with Crippen molar-refractivity contribution in [3.8, 4) is 23.1 Å². The fourth-order valence-electron chi connectivity index (χ4n) is 9.07. The maximum absolute atomic E-state index is 13.3. The molecule has 0 spiro atoms. The average Bonchev–Trinajstić information content (AvgIpc) is 4.37. The molecule has 1 fully saturated rings. The van der Waals surface area contributed by atoms with Crippen LogP contribution in [0.4, 0.5) is 34.9 Å². The molecule has 7 aromatic heterocycles. The molecule has 424 valence electrons. The second-order valence-electron chi connectivity index (χ2n) is 18.9. The van der Waals surface area contributed by atoms with Crippen LogP contribution >= 0.6 is 33.0 Å². The van der Waals surface area contributed by atoms with Crippen molar-refractivity contribution in [2.24, 2.45) is 0 Å². The van der Waals surface area contributed by atoms with Crippen LogP contribution < -0.4 is 46.7 Å². The number of aromatic nitrogens is 12. The zero-order chi connectivity index (χ0) is 57.3. The molecule has 8 heterocycles. The largest absolute Gasteiger partial charge is 0.495 e. The standard InChI is InChI=1S/C20H22N5O3P.C17H22ClN6OP.C17H21N6O2P/c1-4-29(26,5-2)14-8-9-15(17(13-14)27-3)22-20-21-11-10-18-23-19(24-25(18)20)16-7-6-12-28-16;1-4-26(25,5-2)13-8-6-12(7-9-13)20-17-21-14(18)10-16-22-15(11-19-3)23-24(16)17;1-22-7-9-26(24,10-8-22)13-3-4-14(15(11-13)25-2)20-17-18-6-5-16-21-19-12-23(16)17/h6-13H,4-5H2,1-3H3,(H,21,22);6-10,19H,4-5,11H2,1-3H3,(H,20,21);3-6,11-12H,7-10H2,1-2H3,(H,18,20). The summed E-state index contributed by atoms with van der Waals surface area (Å²) in [6, 6.07) is 27.7. The Bertz CT molecular complexity index is 3900. The number of fused-ring (bicyclic) bond motifs is 3. The number of benzene rings is 3. The van der Waals surface area contributed by atoms with Gasteiger partial charge in [-0.05, 0) is 86.9 Å². The number of furan rings is 1. The number of ether oxygens (including phenoxy) is 2. The predicted octanol–water partition coefficient (Wildman–Crippen LogP) is 9.24. The first-order valence-corrected chi connectivity index (χ1v) is 33.0. The number of methoxy groups -OCH3 is 2. The molecule has 0 saturated carbocycles. The van der Waals surface area contributed by atoms with E-state index in [0.29, 0.717) is 118 Å². The second kappa shape index (κ2) is 25.5. The van der Waals surface area contributed by atoms with E-state index in [0.717, 1.165) is 40.4 Å². The number of rotatable bonds is 18. The maximum Gasteiger partial charge on any atom is 0.231 e. The Morgan fingerprint density at radius 2 is 1.32 bits per heavy atom. The van der Waals surface area contributed by atoms with E-state index < -0.39 is 21.4 Å². The number of anilines is 6. The van der Waals surface area contributed by atoms with Gasteiger partial charge in [0.05, 0.1) is 38.4 Å². The van der Waals surface area contributed by atoms with Crippen LogP contribution in [0.3, 0.4) is 0 Å². The van der Waals surface area contributed by atoms with Gasteiger partial charge in [0.1, 0.15) is 44.4 Å². The van der Waals surface area contributed by atoms with Gasteiger partial charge in [-0.2, -0.15) is 9.03 Å². The summed E-state index contributed by atoms with van der Waals surface area (Å²) in [5.41, 5.74) is 4.22. The Labute approximate surface area is 473 Å². The van der Waals surface area contributed by atoms with Gasteiger partial charge in [0.15, 0.2) is 28.5 Å². The van der Waals surface area contributed by atoms with Gasteiger partial charge >= 0.3 is 0 Å². The zero-order valence-electron chi connectivity index (χ0n) is 46.3. The molecule has 4 N–H and O–H groups in total. The van der Waals surface area contributed by atoms with E-state index in [1.165, 1.54) is 0 Å². The normalized spacial score (nSPS) is 13.5. The van der Waals surface area contributed by atoms with Crippen molar-refractivity contribution >= 4 is 101 Å². The summed E-state index contributed by atoms with van der Waals surface area (Å²) < 4.78 is 60.7. The van der Waals surface area contributed by atoms with Crippen molar-refractivity contribution in [1.29, 1.82) is 0 Å². The molecule has 11 rings (SSSR count). The van der Waals surface area contributed by atoms with Crippen molar-refractivity contribution < 1.29 is 27.6 Å². The Hall–Kier alpha value is -7.51. The summed E-state index contributed by atoms with van der Waals surface area (Å²) >= 11 is 6.11. The van der Waals surface area contributed by atoms with Gasteiger partial charge in [0.25, 0.3) is 0 Å². The van der Waals surface area contributed by atoms with Gasteiger partial charge in [0, 0.05) is 102 Å². The molecule has 0 atom stereocenters. The minimum absolute atomic E-state index is 0.335. The molecule has 0 radical (unpaired) electrons. The van der Waals surface area contributed by atoms with E-state index in [4.69, 9.17) is 25.5 Å². The molecule has 27 heteroatoms. The highest BCUT2D eigenvalue weighted by molar-refractivity contribution is 7.72. The lowest BCUT2D eigenvalue weighted by molar-refractivity contribution is 0.361. The Balaban J connectivity index is 0.000000147. The SMILES string of the molecule is CCP(=O)(CC)c1ccc(Nc2nc(Cl)cc3nc(CNC)nn23)cc1.CCP(=O)(CC)c1ccc(Nc2nccc3nc(-c4ccco4)nn23)c(OC)c1.COc1cc(P2(=O)CCN(C)CC2)ccc1Nc1nccc2nncn12. The highest BCUT2D eigenvalue weighted by atomic mass is 35.5. The van der Waals surface area contributed by atoms with Crippen molar-refractivity contribution in [1.82, 2.24) is 69.0 Å².